The third kappa shape index (κ3) is 6.82. The molecule has 1 atom stereocenters. The zero-order valence-corrected chi connectivity index (χ0v) is 15.2. The Hall–Kier alpha value is -0.570. The quantitative estimate of drug-likeness (QED) is 0.801. The molecule has 23 heavy (non-hydrogen) atoms. The Morgan fingerprint density at radius 3 is 1.87 bits per heavy atom. The zero-order valence-electron chi connectivity index (χ0n) is 15.2. The summed E-state index contributed by atoms with van der Waals surface area (Å²) in [5.41, 5.74) is 6.07. The molecule has 3 heteroatoms. The van der Waals surface area contributed by atoms with Crippen molar-refractivity contribution in [1.82, 2.24) is 5.32 Å². The lowest BCUT2D eigenvalue weighted by Gasteiger charge is -2.27. The molecule has 0 heterocycles. The van der Waals surface area contributed by atoms with Crippen LogP contribution in [0.1, 0.15) is 96.8 Å². The fourth-order valence-electron chi connectivity index (χ4n) is 4.43. The van der Waals surface area contributed by atoms with E-state index < -0.39 is 0 Å². The van der Waals surface area contributed by atoms with Crippen molar-refractivity contribution in [3.8, 4) is 0 Å². The first-order valence-electron chi connectivity index (χ1n) is 10.2. The number of nitrogens with two attached hydrogens (primary N) is 1. The van der Waals surface area contributed by atoms with Gasteiger partial charge in [0.15, 0.2) is 0 Å². The van der Waals surface area contributed by atoms with Crippen LogP contribution < -0.4 is 11.1 Å². The largest absolute Gasteiger partial charge is 0.353 e. The summed E-state index contributed by atoms with van der Waals surface area (Å²) < 4.78 is 0. The van der Waals surface area contributed by atoms with Crippen molar-refractivity contribution in [3.63, 3.8) is 0 Å². The fourth-order valence-corrected chi connectivity index (χ4v) is 4.43. The van der Waals surface area contributed by atoms with Gasteiger partial charge in [0.2, 0.25) is 5.91 Å². The molecule has 2 aliphatic carbocycles. The SMILES string of the molecule is CC(N)C1CCCC(C(=O)NC2CCCCCCCC2)CCC1. The maximum Gasteiger partial charge on any atom is 0.223 e. The summed E-state index contributed by atoms with van der Waals surface area (Å²) in [6.45, 7) is 2.13. The number of carbonyl (C=O) groups excluding carboxylic acids is 1. The van der Waals surface area contributed by atoms with Gasteiger partial charge in [-0.25, -0.2) is 0 Å². The highest BCUT2D eigenvalue weighted by molar-refractivity contribution is 5.78. The number of rotatable bonds is 3. The molecular weight excluding hydrogens is 284 g/mol. The molecule has 0 spiro atoms. The average molecular weight is 323 g/mol. The second-order valence-electron chi connectivity index (χ2n) is 8.08. The van der Waals surface area contributed by atoms with Crippen molar-refractivity contribution in [1.29, 1.82) is 0 Å². The number of hydrogen-bond acceptors (Lipinski definition) is 2. The van der Waals surface area contributed by atoms with E-state index in [0.717, 1.165) is 25.7 Å². The Bertz CT molecular complexity index is 323. The van der Waals surface area contributed by atoms with Gasteiger partial charge in [0.05, 0.1) is 0 Å². The standard InChI is InChI=1S/C20H38N2O/c1-16(21)17-10-8-12-18(13-9-11-17)20(23)22-19-14-6-4-2-3-5-7-15-19/h16-19H,2-15,21H2,1H3,(H,22,23). The minimum atomic E-state index is 0.247. The van der Waals surface area contributed by atoms with Crippen molar-refractivity contribution >= 4 is 5.91 Å². The van der Waals surface area contributed by atoms with E-state index in [2.05, 4.69) is 12.2 Å². The van der Waals surface area contributed by atoms with Gasteiger partial charge in [-0.1, -0.05) is 51.4 Å². The molecule has 0 aliphatic heterocycles. The third-order valence-corrected chi connectivity index (χ3v) is 6.07. The summed E-state index contributed by atoms with van der Waals surface area (Å²) in [6, 6.07) is 0.738. The first kappa shape index (κ1) is 18.8. The molecule has 0 radical (unpaired) electrons. The first-order chi connectivity index (χ1) is 11.2. The Morgan fingerprint density at radius 1 is 0.826 bits per heavy atom. The molecule has 0 aromatic carbocycles. The van der Waals surface area contributed by atoms with Gasteiger partial charge in [-0.3, -0.25) is 4.79 Å². The van der Waals surface area contributed by atoms with E-state index in [1.165, 1.54) is 64.2 Å². The van der Waals surface area contributed by atoms with Gasteiger partial charge in [0.25, 0.3) is 0 Å². The Balaban J connectivity index is 1.77. The van der Waals surface area contributed by atoms with Crippen molar-refractivity contribution in [2.45, 2.75) is 109 Å². The van der Waals surface area contributed by atoms with E-state index in [1.807, 2.05) is 0 Å². The monoisotopic (exact) mass is 322 g/mol. The van der Waals surface area contributed by atoms with E-state index in [-0.39, 0.29) is 5.92 Å². The summed E-state index contributed by atoms with van der Waals surface area (Å²) in [7, 11) is 0. The minimum absolute atomic E-state index is 0.247. The topological polar surface area (TPSA) is 55.1 Å². The molecular formula is C20H38N2O. The van der Waals surface area contributed by atoms with Crippen LogP contribution in [-0.4, -0.2) is 18.0 Å². The van der Waals surface area contributed by atoms with Crippen molar-refractivity contribution in [3.05, 3.63) is 0 Å². The number of nitrogens with one attached hydrogen (secondary N) is 1. The van der Waals surface area contributed by atoms with Crippen LogP contribution in [0.25, 0.3) is 0 Å². The lowest BCUT2D eigenvalue weighted by molar-refractivity contribution is -0.126. The average Bonchev–Trinajstić information content (AvgIpc) is 2.60. The first-order valence-corrected chi connectivity index (χ1v) is 10.2. The van der Waals surface area contributed by atoms with Gasteiger partial charge >= 0.3 is 0 Å². The van der Waals surface area contributed by atoms with Gasteiger partial charge in [0, 0.05) is 18.0 Å². The summed E-state index contributed by atoms with van der Waals surface area (Å²) in [5.74, 6) is 1.25. The highest BCUT2D eigenvalue weighted by atomic mass is 16.1. The molecule has 1 unspecified atom stereocenters. The molecule has 134 valence electrons. The molecule has 0 bridgehead atoms. The molecule has 2 rings (SSSR count). The maximum absolute atomic E-state index is 12.7. The van der Waals surface area contributed by atoms with Crippen LogP contribution in [0.3, 0.4) is 0 Å². The summed E-state index contributed by atoms with van der Waals surface area (Å²) in [5, 5.41) is 3.40. The van der Waals surface area contributed by atoms with Crippen molar-refractivity contribution in [2.75, 3.05) is 0 Å². The zero-order chi connectivity index (χ0) is 16.5. The van der Waals surface area contributed by atoms with Gasteiger partial charge < -0.3 is 11.1 Å². The predicted octanol–water partition coefficient (Wildman–Crippen LogP) is 4.54. The van der Waals surface area contributed by atoms with Gasteiger partial charge in [-0.2, -0.15) is 0 Å². The Kier molecular flexibility index (Phi) is 8.43. The van der Waals surface area contributed by atoms with Gasteiger partial charge in [-0.05, 0) is 51.4 Å². The van der Waals surface area contributed by atoms with E-state index in [9.17, 15) is 4.79 Å². The van der Waals surface area contributed by atoms with Crippen LogP contribution in [0.15, 0.2) is 0 Å². The fraction of sp³-hybridized carbons (Fsp3) is 0.950. The minimum Gasteiger partial charge on any atom is -0.353 e. The maximum atomic E-state index is 12.7. The normalized spacial score (nSPS) is 30.2. The Morgan fingerprint density at radius 2 is 1.35 bits per heavy atom. The molecule has 1 amide bonds. The number of hydrogen-bond donors (Lipinski definition) is 2. The van der Waals surface area contributed by atoms with Crippen LogP contribution in [0.5, 0.6) is 0 Å². The van der Waals surface area contributed by atoms with Crippen LogP contribution in [0.4, 0.5) is 0 Å². The molecule has 0 aromatic heterocycles. The second kappa shape index (κ2) is 10.3. The lowest BCUT2D eigenvalue weighted by Crippen LogP contribution is -2.39. The van der Waals surface area contributed by atoms with Crippen molar-refractivity contribution in [2.24, 2.45) is 17.6 Å². The van der Waals surface area contributed by atoms with Gasteiger partial charge in [-0.15, -0.1) is 0 Å². The van der Waals surface area contributed by atoms with E-state index >= 15 is 0 Å². The summed E-state index contributed by atoms with van der Waals surface area (Å²) in [6.07, 6.45) is 17.2. The van der Waals surface area contributed by atoms with Crippen LogP contribution in [-0.2, 0) is 4.79 Å². The molecule has 2 saturated carbocycles. The molecule has 2 aliphatic rings. The van der Waals surface area contributed by atoms with Gasteiger partial charge in [0.1, 0.15) is 0 Å². The van der Waals surface area contributed by atoms with Crippen LogP contribution >= 0.6 is 0 Å². The molecule has 0 aromatic rings. The highest BCUT2D eigenvalue weighted by Gasteiger charge is 2.25. The smallest absolute Gasteiger partial charge is 0.223 e. The Labute approximate surface area is 143 Å². The van der Waals surface area contributed by atoms with Crippen LogP contribution in [0.2, 0.25) is 0 Å². The second-order valence-corrected chi connectivity index (χ2v) is 8.08. The lowest BCUT2D eigenvalue weighted by atomic mass is 9.82. The molecule has 3 N–H and O–H groups in total. The molecule has 2 fully saturated rings. The van der Waals surface area contributed by atoms with Crippen molar-refractivity contribution < 1.29 is 4.79 Å². The number of amides is 1. The van der Waals surface area contributed by atoms with Crippen LogP contribution in [0, 0.1) is 11.8 Å². The van der Waals surface area contributed by atoms with E-state index in [0.29, 0.717) is 23.9 Å². The summed E-state index contributed by atoms with van der Waals surface area (Å²) in [4.78, 5) is 12.7. The third-order valence-electron chi connectivity index (χ3n) is 6.07. The predicted molar refractivity (Wildman–Crippen MR) is 97.2 cm³/mol. The molecule has 0 saturated heterocycles. The molecule has 3 nitrogen and oxygen atoms in total. The summed E-state index contributed by atoms with van der Waals surface area (Å²) >= 11 is 0. The highest BCUT2D eigenvalue weighted by Crippen LogP contribution is 2.28. The number of carbonyl (C=O) groups is 1. The van der Waals surface area contributed by atoms with E-state index in [4.69, 9.17) is 5.73 Å². The van der Waals surface area contributed by atoms with E-state index in [1.54, 1.807) is 0 Å².